The number of hydrogen-bond acceptors (Lipinski definition) is 4. The standard InChI is InChI=1S/C19H17N3OS2/c1-12-8-9-15(10-13(12)2)16-11-25-19(20-16)22-18(24)21-17(23)14-6-4-3-5-7-14/h3-11H,1-2H3,(H2,20,21,22,23,24). The fraction of sp³-hybridized carbons (Fsp3) is 0.105. The second-order valence-corrected chi connectivity index (χ2v) is 6.88. The summed E-state index contributed by atoms with van der Waals surface area (Å²) < 4.78 is 0. The Bertz CT molecular complexity index is 919. The van der Waals surface area contributed by atoms with Crippen LogP contribution in [0, 0.1) is 13.8 Å². The summed E-state index contributed by atoms with van der Waals surface area (Å²) >= 11 is 6.64. The molecule has 3 rings (SSSR count). The number of rotatable bonds is 3. The molecule has 0 saturated heterocycles. The summed E-state index contributed by atoms with van der Waals surface area (Å²) in [6.07, 6.45) is 0. The van der Waals surface area contributed by atoms with Crippen molar-refractivity contribution in [3.8, 4) is 11.3 Å². The summed E-state index contributed by atoms with van der Waals surface area (Å²) in [5.41, 5.74) is 4.98. The lowest BCUT2D eigenvalue weighted by atomic mass is 10.1. The highest BCUT2D eigenvalue weighted by Crippen LogP contribution is 2.26. The summed E-state index contributed by atoms with van der Waals surface area (Å²) in [7, 11) is 0. The van der Waals surface area contributed by atoms with Gasteiger partial charge in [-0.1, -0.05) is 30.3 Å². The van der Waals surface area contributed by atoms with Gasteiger partial charge in [-0.25, -0.2) is 4.98 Å². The second-order valence-electron chi connectivity index (χ2n) is 5.61. The number of aromatic nitrogens is 1. The average molecular weight is 367 g/mol. The number of carbonyl (C=O) groups excluding carboxylic acids is 1. The molecular formula is C19H17N3OS2. The van der Waals surface area contributed by atoms with E-state index in [0.29, 0.717) is 10.7 Å². The van der Waals surface area contributed by atoms with Crippen LogP contribution in [-0.2, 0) is 0 Å². The van der Waals surface area contributed by atoms with Crippen molar-refractivity contribution in [2.24, 2.45) is 0 Å². The molecule has 0 saturated carbocycles. The highest BCUT2D eigenvalue weighted by Gasteiger charge is 2.10. The minimum atomic E-state index is -0.246. The van der Waals surface area contributed by atoms with Crippen LogP contribution in [0.2, 0.25) is 0 Å². The number of nitrogens with one attached hydrogen (secondary N) is 2. The Morgan fingerprint density at radius 2 is 1.84 bits per heavy atom. The molecule has 6 heteroatoms. The molecule has 0 fully saturated rings. The van der Waals surface area contributed by atoms with Crippen molar-refractivity contribution >= 4 is 39.7 Å². The van der Waals surface area contributed by atoms with E-state index in [-0.39, 0.29) is 11.0 Å². The zero-order valence-corrected chi connectivity index (χ0v) is 15.5. The third kappa shape index (κ3) is 4.29. The van der Waals surface area contributed by atoms with Crippen molar-refractivity contribution in [3.63, 3.8) is 0 Å². The highest BCUT2D eigenvalue weighted by molar-refractivity contribution is 7.80. The minimum absolute atomic E-state index is 0.231. The largest absolute Gasteiger partial charge is 0.308 e. The molecule has 0 radical (unpaired) electrons. The zero-order chi connectivity index (χ0) is 17.8. The number of aryl methyl sites for hydroxylation is 2. The lowest BCUT2D eigenvalue weighted by molar-refractivity contribution is 0.0977. The monoisotopic (exact) mass is 367 g/mol. The zero-order valence-electron chi connectivity index (χ0n) is 13.9. The molecule has 0 aliphatic heterocycles. The summed E-state index contributed by atoms with van der Waals surface area (Å²) in [5.74, 6) is -0.246. The van der Waals surface area contributed by atoms with Gasteiger partial charge in [0, 0.05) is 16.5 Å². The maximum atomic E-state index is 12.1. The quantitative estimate of drug-likeness (QED) is 0.667. The number of amides is 1. The molecule has 1 amide bonds. The fourth-order valence-corrected chi connectivity index (χ4v) is 3.24. The van der Waals surface area contributed by atoms with Gasteiger partial charge in [-0.2, -0.15) is 0 Å². The van der Waals surface area contributed by atoms with E-state index in [1.165, 1.54) is 22.5 Å². The van der Waals surface area contributed by atoms with Gasteiger partial charge in [-0.15, -0.1) is 11.3 Å². The molecule has 0 spiro atoms. The van der Waals surface area contributed by atoms with Gasteiger partial charge in [0.1, 0.15) is 0 Å². The number of thiazole rings is 1. The average Bonchev–Trinajstić information content (AvgIpc) is 3.06. The molecule has 1 heterocycles. The number of carbonyl (C=O) groups is 1. The van der Waals surface area contributed by atoms with Crippen molar-refractivity contribution < 1.29 is 4.79 Å². The Kier molecular flexibility index (Phi) is 5.21. The maximum absolute atomic E-state index is 12.1. The molecule has 0 aliphatic carbocycles. The molecule has 1 aromatic heterocycles. The number of nitrogens with zero attached hydrogens (tertiary/aromatic N) is 1. The van der Waals surface area contributed by atoms with Gasteiger partial charge in [0.15, 0.2) is 10.2 Å². The van der Waals surface area contributed by atoms with E-state index >= 15 is 0 Å². The van der Waals surface area contributed by atoms with E-state index in [4.69, 9.17) is 12.2 Å². The van der Waals surface area contributed by atoms with Crippen LogP contribution in [0.4, 0.5) is 5.13 Å². The van der Waals surface area contributed by atoms with E-state index in [2.05, 4.69) is 47.7 Å². The Morgan fingerprint density at radius 3 is 2.56 bits per heavy atom. The van der Waals surface area contributed by atoms with Gasteiger partial charge in [-0.05, 0) is 55.4 Å². The molecular weight excluding hydrogens is 350 g/mol. The molecule has 2 aromatic carbocycles. The summed E-state index contributed by atoms with van der Waals surface area (Å²) in [6.45, 7) is 4.17. The molecule has 2 N–H and O–H groups in total. The SMILES string of the molecule is Cc1ccc(-c2csc(NC(=S)NC(=O)c3ccccc3)n2)cc1C. The maximum Gasteiger partial charge on any atom is 0.257 e. The van der Waals surface area contributed by atoms with Gasteiger partial charge < -0.3 is 5.32 Å². The van der Waals surface area contributed by atoms with Crippen LogP contribution in [0.5, 0.6) is 0 Å². The molecule has 126 valence electrons. The van der Waals surface area contributed by atoms with Crippen molar-refractivity contribution in [2.45, 2.75) is 13.8 Å². The summed E-state index contributed by atoms with van der Waals surface area (Å²) in [5, 5.41) is 8.47. The van der Waals surface area contributed by atoms with Crippen LogP contribution in [0.15, 0.2) is 53.9 Å². The van der Waals surface area contributed by atoms with Crippen LogP contribution < -0.4 is 10.6 Å². The Labute approximate surface area is 155 Å². The van der Waals surface area contributed by atoms with Gasteiger partial charge >= 0.3 is 0 Å². The molecule has 4 nitrogen and oxygen atoms in total. The number of thiocarbonyl (C=S) groups is 1. The van der Waals surface area contributed by atoms with Crippen LogP contribution in [-0.4, -0.2) is 16.0 Å². The first kappa shape index (κ1) is 17.3. The normalized spacial score (nSPS) is 10.3. The van der Waals surface area contributed by atoms with Gasteiger partial charge in [0.05, 0.1) is 5.69 Å². The lowest BCUT2D eigenvalue weighted by Crippen LogP contribution is -2.34. The smallest absolute Gasteiger partial charge is 0.257 e. The van der Waals surface area contributed by atoms with Crippen molar-refractivity contribution in [3.05, 3.63) is 70.6 Å². The van der Waals surface area contributed by atoms with E-state index in [1.54, 1.807) is 12.1 Å². The number of benzene rings is 2. The Balaban J connectivity index is 1.65. The van der Waals surface area contributed by atoms with Crippen molar-refractivity contribution in [1.82, 2.24) is 10.3 Å². The Hall–Kier alpha value is -2.57. The van der Waals surface area contributed by atoms with Crippen LogP contribution in [0.1, 0.15) is 21.5 Å². The molecule has 0 bridgehead atoms. The third-order valence-corrected chi connectivity index (χ3v) is 4.75. The van der Waals surface area contributed by atoms with Crippen LogP contribution >= 0.6 is 23.6 Å². The summed E-state index contributed by atoms with van der Waals surface area (Å²) in [6, 6.07) is 15.2. The predicted molar refractivity (Wildman–Crippen MR) is 107 cm³/mol. The lowest BCUT2D eigenvalue weighted by Gasteiger charge is -2.07. The topological polar surface area (TPSA) is 54.0 Å². The molecule has 0 unspecified atom stereocenters. The molecule has 0 aliphatic rings. The first-order valence-corrected chi connectivity index (χ1v) is 9.02. The van der Waals surface area contributed by atoms with Crippen molar-refractivity contribution in [1.29, 1.82) is 0 Å². The van der Waals surface area contributed by atoms with E-state index < -0.39 is 0 Å². The third-order valence-electron chi connectivity index (χ3n) is 3.79. The summed E-state index contributed by atoms with van der Waals surface area (Å²) in [4.78, 5) is 16.6. The van der Waals surface area contributed by atoms with Crippen LogP contribution in [0.25, 0.3) is 11.3 Å². The van der Waals surface area contributed by atoms with E-state index in [1.807, 2.05) is 23.6 Å². The van der Waals surface area contributed by atoms with Crippen molar-refractivity contribution in [2.75, 3.05) is 5.32 Å². The van der Waals surface area contributed by atoms with E-state index in [0.717, 1.165) is 11.3 Å². The van der Waals surface area contributed by atoms with Gasteiger partial charge in [-0.3, -0.25) is 10.1 Å². The minimum Gasteiger partial charge on any atom is -0.308 e. The predicted octanol–water partition coefficient (Wildman–Crippen LogP) is 4.55. The Morgan fingerprint density at radius 1 is 1.08 bits per heavy atom. The van der Waals surface area contributed by atoms with Gasteiger partial charge in [0.25, 0.3) is 5.91 Å². The number of anilines is 1. The fourth-order valence-electron chi connectivity index (χ4n) is 2.26. The first-order chi connectivity index (χ1) is 12.0. The van der Waals surface area contributed by atoms with Gasteiger partial charge in [0.2, 0.25) is 0 Å². The van der Waals surface area contributed by atoms with Crippen LogP contribution in [0.3, 0.4) is 0 Å². The highest BCUT2D eigenvalue weighted by atomic mass is 32.1. The first-order valence-electron chi connectivity index (χ1n) is 7.73. The molecule has 3 aromatic rings. The molecule has 25 heavy (non-hydrogen) atoms. The number of hydrogen-bond donors (Lipinski definition) is 2. The second kappa shape index (κ2) is 7.55. The van der Waals surface area contributed by atoms with E-state index in [9.17, 15) is 4.79 Å². The molecule has 0 atom stereocenters.